The predicted molar refractivity (Wildman–Crippen MR) is 77.1 cm³/mol. The maximum Gasteiger partial charge on any atom is 0.390 e. The van der Waals surface area contributed by atoms with E-state index in [0.29, 0.717) is 6.42 Å². The number of alkyl halides is 3. The van der Waals surface area contributed by atoms with E-state index in [1.807, 2.05) is 6.92 Å². The first-order valence-corrected chi connectivity index (χ1v) is 8.75. The summed E-state index contributed by atoms with van der Waals surface area (Å²) >= 11 is 1.10. The van der Waals surface area contributed by atoms with Gasteiger partial charge in [0.25, 0.3) is 10.0 Å². The zero-order chi connectivity index (χ0) is 16.1. The minimum Gasteiger partial charge on any atom is -0.317 e. The molecule has 21 heavy (non-hydrogen) atoms. The average molecular weight is 344 g/mol. The van der Waals surface area contributed by atoms with E-state index in [4.69, 9.17) is 0 Å². The summed E-state index contributed by atoms with van der Waals surface area (Å²) < 4.78 is 61.6. The quantitative estimate of drug-likeness (QED) is 0.737. The number of halogens is 3. The highest BCUT2D eigenvalue weighted by atomic mass is 32.2. The molecule has 9 heteroatoms. The molecule has 1 aromatic rings. The van der Waals surface area contributed by atoms with Gasteiger partial charge in [-0.3, -0.25) is 0 Å². The summed E-state index contributed by atoms with van der Waals surface area (Å²) in [6.45, 7) is 2.97. The fraction of sp³-hybridized carbons (Fsp3) is 0.667. The topological polar surface area (TPSA) is 49.4 Å². The Balaban J connectivity index is 2.69. The smallest absolute Gasteiger partial charge is 0.317 e. The first-order valence-electron chi connectivity index (χ1n) is 6.49. The van der Waals surface area contributed by atoms with Crippen molar-refractivity contribution >= 4 is 21.4 Å². The zero-order valence-electron chi connectivity index (χ0n) is 11.9. The second kappa shape index (κ2) is 7.57. The maximum atomic E-state index is 12.2. The molecular weight excluding hydrogens is 325 g/mol. The van der Waals surface area contributed by atoms with Crippen molar-refractivity contribution in [1.29, 1.82) is 0 Å². The van der Waals surface area contributed by atoms with Gasteiger partial charge in [0.2, 0.25) is 0 Å². The molecule has 1 rings (SSSR count). The number of sulfonamides is 1. The summed E-state index contributed by atoms with van der Waals surface area (Å²) in [5.41, 5.74) is 0. The molecule has 0 saturated heterocycles. The van der Waals surface area contributed by atoms with Gasteiger partial charge in [0.05, 0.1) is 6.42 Å². The Morgan fingerprint density at radius 1 is 1.33 bits per heavy atom. The standard InChI is InChI=1S/C12H19F3N2O2S2/c1-3-16-8-6-10-4-5-11(20-10)21(18,19)17(2)9-7-12(13,14)15/h4-5,16H,3,6-9H2,1-2H3. The first-order chi connectivity index (χ1) is 9.66. The van der Waals surface area contributed by atoms with Crippen molar-refractivity contribution in [3.8, 4) is 0 Å². The molecule has 0 spiro atoms. The van der Waals surface area contributed by atoms with Crippen molar-refractivity contribution in [2.24, 2.45) is 0 Å². The molecule has 0 aliphatic rings. The number of hydrogen-bond acceptors (Lipinski definition) is 4. The van der Waals surface area contributed by atoms with E-state index in [1.54, 1.807) is 6.07 Å². The molecule has 0 unspecified atom stereocenters. The Morgan fingerprint density at radius 3 is 2.57 bits per heavy atom. The highest BCUT2D eigenvalue weighted by Gasteiger charge is 2.30. The molecule has 0 saturated carbocycles. The normalized spacial score (nSPS) is 13.0. The lowest BCUT2D eigenvalue weighted by atomic mass is 10.3. The van der Waals surface area contributed by atoms with Crippen LogP contribution < -0.4 is 5.32 Å². The monoisotopic (exact) mass is 344 g/mol. The van der Waals surface area contributed by atoms with Gasteiger partial charge in [-0.1, -0.05) is 6.92 Å². The third-order valence-corrected chi connectivity index (χ3v) is 6.28. The minimum atomic E-state index is -4.36. The van der Waals surface area contributed by atoms with Gasteiger partial charge in [0.1, 0.15) is 4.21 Å². The largest absolute Gasteiger partial charge is 0.390 e. The van der Waals surface area contributed by atoms with Crippen LogP contribution in [0.25, 0.3) is 0 Å². The number of nitrogens with one attached hydrogen (secondary N) is 1. The molecule has 0 radical (unpaired) electrons. The van der Waals surface area contributed by atoms with E-state index in [0.717, 1.165) is 33.6 Å². The van der Waals surface area contributed by atoms with Gasteiger partial charge < -0.3 is 5.32 Å². The molecular formula is C12H19F3N2O2S2. The highest BCUT2D eigenvalue weighted by molar-refractivity contribution is 7.91. The van der Waals surface area contributed by atoms with Crippen LogP contribution in [0.5, 0.6) is 0 Å². The van der Waals surface area contributed by atoms with Crippen LogP contribution in [0.15, 0.2) is 16.3 Å². The van der Waals surface area contributed by atoms with E-state index >= 15 is 0 Å². The molecule has 0 amide bonds. The Kier molecular flexibility index (Phi) is 6.64. The molecule has 0 atom stereocenters. The Morgan fingerprint density at radius 2 is 2.00 bits per heavy atom. The van der Waals surface area contributed by atoms with Crippen molar-refractivity contribution in [3.05, 3.63) is 17.0 Å². The van der Waals surface area contributed by atoms with Gasteiger partial charge in [-0.05, 0) is 31.6 Å². The molecule has 1 aromatic heterocycles. The number of likely N-dealkylation sites (N-methyl/N-ethyl adjacent to an activating group) is 1. The summed E-state index contributed by atoms with van der Waals surface area (Å²) in [5.74, 6) is 0. The predicted octanol–water partition coefficient (Wildman–Crippen LogP) is 2.47. The van der Waals surface area contributed by atoms with Crippen LogP contribution >= 0.6 is 11.3 Å². The van der Waals surface area contributed by atoms with Crippen LogP contribution in [-0.2, 0) is 16.4 Å². The summed E-state index contributed by atoms with van der Waals surface area (Å²) in [5, 5.41) is 3.13. The molecule has 0 aliphatic carbocycles. The van der Waals surface area contributed by atoms with Gasteiger partial charge in [0, 0.05) is 18.5 Å². The Labute approximate surface area is 127 Å². The first kappa shape index (κ1) is 18.4. The van der Waals surface area contributed by atoms with Crippen LogP contribution in [0, 0.1) is 0 Å². The third-order valence-electron chi connectivity index (χ3n) is 2.81. The van der Waals surface area contributed by atoms with Gasteiger partial charge >= 0.3 is 6.18 Å². The van der Waals surface area contributed by atoms with E-state index < -0.39 is 29.2 Å². The molecule has 0 fully saturated rings. The molecule has 4 nitrogen and oxygen atoms in total. The van der Waals surface area contributed by atoms with Gasteiger partial charge in [0.15, 0.2) is 0 Å². The minimum absolute atomic E-state index is 0.0821. The molecule has 0 aromatic carbocycles. The lowest BCUT2D eigenvalue weighted by Gasteiger charge is -2.16. The second-order valence-electron chi connectivity index (χ2n) is 4.52. The third kappa shape index (κ3) is 5.93. The summed E-state index contributed by atoms with van der Waals surface area (Å²) in [6.07, 6.45) is -4.82. The average Bonchev–Trinajstić information content (AvgIpc) is 2.84. The van der Waals surface area contributed by atoms with Gasteiger partial charge in [-0.2, -0.15) is 17.5 Å². The van der Waals surface area contributed by atoms with E-state index in [-0.39, 0.29) is 4.21 Å². The lowest BCUT2D eigenvalue weighted by molar-refractivity contribution is -0.135. The SMILES string of the molecule is CCNCCc1ccc(S(=O)(=O)N(C)CCC(F)(F)F)s1. The fourth-order valence-electron chi connectivity index (χ4n) is 1.58. The van der Waals surface area contributed by atoms with Crippen molar-refractivity contribution in [3.63, 3.8) is 0 Å². The van der Waals surface area contributed by atoms with Crippen LogP contribution in [0.2, 0.25) is 0 Å². The van der Waals surface area contributed by atoms with E-state index in [1.165, 1.54) is 13.1 Å². The van der Waals surface area contributed by atoms with Crippen molar-refractivity contribution < 1.29 is 21.6 Å². The Hall–Kier alpha value is -0.640. The Bertz CT molecular complexity index is 541. The van der Waals surface area contributed by atoms with Crippen LogP contribution in [0.4, 0.5) is 13.2 Å². The number of hydrogen-bond donors (Lipinski definition) is 1. The molecule has 1 heterocycles. The summed E-state index contributed by atoms with van der Waals surface area (Å²) in [6, 6.07) is 3.15. The summed E-state index contributed by atoms with van der Waals surface area (Å²) in [7, 11) is -2.67. The van der Waals surface area contributed by atoms with E-state index in [2.05, 4.69) is 5.32 Å². The van der Waals surface area contributed by atoms with Crippen LogP contribution in [0.1, 0.15) is 18.2 Å². The summed E-state index contributed by atoms with van der Waals surface area (Å²) in [4.78, 5) is 0.888. The molecule has 122 valence electrons. The van der Waals surface area contributed by atoms with Crippen molar-refractivity contribution in [2.45, 2.75) is 30.2 Å². The van der Waals surface area contributed by atoms with Crippen molar-refractivity contribution in [1.82, 2.24) is 9.62 Å². The van der Waals surface area contributed by atoms with E-state index in [9.17, 15) is 21.6 Å². The van der Waals surface area contributed by atoms with Gasteiger partial charge in [-0.15, -0.1) is 11.3 Å². The zero-order valence-corrected chi connectivity index (χ0v) is 13.5. The van der Waals surface area contributed by atoms with Crippen LogP contribution in [0.3, 0.4) is 0 Å². The lowest BCUT2D eigenvalue weighted by Crippen LogP contribution is -2.30. The number of rotatable bonds is 8. The number of thiophene rings is 1. The van der Waals surface area contributed by atoms with Gasteiger partial charge in [-0.25, -0.2) is 8.42 Å². The number of nitrogens with zero attached hydrogens (tertiary/aromatic N) is 1. The highest BCUT2D eigenvalue weighted by Crippen LogP contribution is 2.26. The second-order valence-corrected chi connectivity index (χ2v) is 7.96. The fourth-order valence-corrected chi connectivity index (χ4v) is 4.32. The molecule has 0 bridgehead atoms. The van der Waals surface area contributed by atoms with Crippen molar-refractivity contribution in [2.75, 3.05) is 26.7 Å². The molecule has 1 N–H and O–H groups in total. The van der Waals surface area contributed by atoms with Crippen LogP contribution in [-0.4, -0.2) is 45.6 Å². The molecule has 0 aliphatic heterocycles. The maximum absolute atomic E-state index is 12.2.